The maximum Gasteiger partial charge on any atom is 0.120 e. The number of oxime groups is 1. The average molecular weight is 318 g/mol. The third-order valence-corrected chi connectivity index (χ3v) is 4.06. The summed E-state index contributed by atoms with van der Waals surface area (Å²) in [4.78, 5) is 3.98. The van der Waals surface area contributed by atoms with Gasteiger partial charge in [-0.05, 0) is 23.3 Å². The molecule has 0 saturated carbocycles. The molecule has 3 aromatic rings. The fourth-order valence-electron chi connectivity index (χ4n) is 2.78. The number of rotatable bonds is 5. The van der Waals surface area contributed by atoms with Crippen molar-refractivity contribution in [1.82, 2.24) is 4.98 Å². The van der Waals surface area contributed by atoms with Gasteiger partial charge in [-0.15, -0.1) is 0 Å². The summed E-state index contributed by atoms with van der Waals surface area (Å²) in [7, 11) is 0. The smallest absolute Gasteiger partial charge is 0.120 e. The zero-order valence-electron chi connectivity index (χ0n) is 13.1. The van der Waals surface area contributed by atoms with Gasteiger partial charge in [0.1, 0.15) is 5.60 Å². The summed E-state index contributed by atoms with van der Waals surface area (Å²) in [5, 5.41) is 24.4. The molecule has 0 aliphatic heterocycles. The summed E-state index contributed by atoms with van der Waals surface area (Å²) in [6.45, 7) is 0. The van der Waals surface area contributed by atoms with Crippen molar-refractivity contribution in [3.63, 3.8) is 0 Å². The van der Waals surface area contributed by atoms with Gasteiger partial charge in [0.25, 0.3) is 0 Å². The van der Waals surface area contributed by atoms with Crippen LogP contribution < -0.4 is 0 Å². The molecule has 0 aliphatic carbocycles. The van der Waals surface area contributed by atoms with Crippen LogP contribution in [0.5, 0.6) is 0 Å². The van der Waals surface area contributed by atoms with Crippen LogP contribution in [0.15, 0.2) is 90.3 Å². The van der Waals surface area contributed by atoms with Crippen LogP contribution in [-0.2, 0) is 5.60 Å². The van der Waals surface area contributed by atoms with Gasteiger partial charge in [-0.3, -0.25) is 4.98 Å². The van der Waals surface area contributed by atoms with Crippen LogP contribution in [0.25, 0.3) is 0 Å². The van der Waals surface area contributed by atoms with Gasteiger partial charge in [0, 0.05) is 24.4 Å². The zero-order chi connectivity index (χ0) is 16.8. The van der Waals surface area contributed by atoms with E-state index in [9.17, 15) is 10.3 Å². The minimum Gasteiger partial charge on any atom is -0.411 e. The quantitative estimate of drug-likeness (QED) is 0.429. The van der Waals surface area contributed by atoms with E-state index >= 15 is 0 Å². The minimum absolute atomic E-state index is 0.140. The fourth-order valence-corrected chi connectivity index (χ4v) is 2.78. The Hall–Kier alpha value is -2.98. The Balaban J connectivity index is 2.06. The lowest BCUT2D eigenvalue weighted by molar-refractivity contribution is 0.0881. The highest BCUT2D eigenvalue weighted by Gasteiger charge is 2.33. The summed E-state index contributed by atoms with van der Waals surface area (Å²) in [6, 6.07) is 22.3. The summed E-state index contributed by atoms with van der Waals surface area (Å²) >= 11 is 0. The minimum atomic E-state index is -1.30. The van der Waals surface area contributed by atoms with Crippen LogP contribution in [0.3, 0.4) is 0 Å². The SMILES string of the molecule is O/N=C(/CC(O)(c1ccccc1)c1ccccc1)c1ccncc1. The van der Waals surface area contributed by atoms with Gasteiger partial charge in [0.05, 0.1) is 5.71 Å². The van der Waals surface area contributed by atoms with Crippen molar-refractivity contribution in [2.75, 3.05) is 0 Å². The van der Waals surface area contributed by atoms with Gasteiger partial charge in [-0.1, -0.05) is 65.8 Å². The Labute approximate surface area is 140 Å². The summed E-state index contributed by atoms with van der Waals surface area (Å²) in [5.41, 5.74) is 1.30. The highest BCUT2D eigenvalue weighted by atomic mass is 16.4. The molecule has 0 radical (unpaired) electrons. The second-order valence-electron chi connectivity index (χ2n) is 5.55. The van der Waals surface area contributed by atoms with Gasteiger partial charge < -0.3 is 10.3 Å². The van der Waals surface area contributed by atoms with Crippen LogP contribution >= 0.6 is 0 Å². The average Bonchev–Trinajstić information content (AvgIpc) is 2.68. The Bertz CT molecular complexity index is 763. The molecule has 0 fully saturated rings. The monoisotopic (exact) mass is 318 g/mol. The molecular formula is C20H18N2O2. The molecule has 0 bridgehead atoms. The lowest BCUT2D eigenvalue weighted by Crippen LogP contribution is -2.31. The number of aliphatic hydroxyl groups is 1. The van der Waals surface area contributed by atoms with Crippen LogP contribution in [0.2, 0.25) is 0 Å². The molecule has 24 heavy (non-hydrogen) atoms. The molecule has 2 aromatic carbocycles. The van der Waals surface area contributed by atoms with Crippen molar-refractivity contribution in [3.8, 4) is 0 Å². The molecular weight excluding hydrogens is 300 g/mol. The van der Waals surface area contributed by atoms with Crippen LogP contribution in [-0.4, -0.2) is 21.0 Å². The maximum atomic E-state index is 11.5. The van der Waals surface area contributed by atoms with Crippen LogP contribution in [0.4, 0.5) is 0 Å². The topological polar surface area (TPSA) is 65.7 Å². The van der Waals surface area contributed by atoms with E-state index in [1.165, 1.54) is 0 Å². The molecule has 0 aliphatic rings. The molecule has 120 valence electrons. The van der Waals surface area contributed by atoms with E-state index in [0.717, 1.165) is 16.7 Å². The summed E-state index contributed by atoms with van der Waals surface area (Å²) in [5.74, 6) is 0. The van der Waals surface area contributed by atoms with Crippen LogP contribution in [0.1, 0.15) is 23.1 Å². The molecule has 2 N–H and O–H groups in total. The molecule has 0 unspecified atom stereocenters. The molecule has 0 spiro atoms. The van der Waals surface area contributed by atoms with Gasteiger partial charge >= 0.3 is 0 Å². The Morgan fingerprint density at radius 1 is 0.833 bits per heavy atom. The normalized spacial score (nSPS) is 12.1. The molecule has 0 saturated heterocycles. The molecule has 4 nitrogen and oxygen atoms in total. The van der Waals surface area contributed by atoms with Crippen molar-refractivity contribution in [3.05, 3.63) is 102 Å². The predicted molar refractivity (Wildman–Crippen MR) is 93.1 cm³/mol. The lowest BCUT2D eigenvalue weighted by Gasteiger charge is -2.29. The van der Waals surface area contributed by atoms with Crippen molar-refractivity contribution in [2.45, 2.75) is 12.0 Å². The Morgan fingerprint density at radius 3 is 1.79 bits per heavy atom. The van der Waals surface area contributed by atoms with Crippen molar-refractivity contribution in [2.24, 2.45) is 5.16 Å². The zero-order valence-corrected chi connectivity index (χ0v) is 13.1. The first kappa shape index (κ1) is 15.9. The second kappa shape index (κ2) is 7.06. The Morgan fingerprint density at radius 2 is 1.33 bits per heavy atom. The number of hydrogen-bond donors (Lipinski definition) is 2. The van der Waals surface area contributed by atoms with E-state index in [1.54, 1.807) is 24.5 Å². The Kier molecular flexibility index (Phi) is 4.68. The van der Waals surface area contributed by atoms with E-state index in [0.29, 0.717) is 5.71 Å². The predicted octanol–water partition coefficient (Wildman–Crippen LogP) is 3.59. The molecule has 1 aromatic heterocycles. The number of nitrogens with zero attached hydrogens (tertiary/aromatic N) is 2. The van der Waals surface area contributed by atoms with Crippen molar-refractivity contribution in [1.29, 1.82) is 0 Å². The molecule has 4 heteroatoms. The first-order chi connectivity index (χ1) is 11.7. The highest BCUT2D eigenvalue weighted by molar-refractivity contribution is 6.01. The standard InChI is InChI=1S/C20H18N2O2/c23-20(17-7-3-1-4-8-17,18-9-5-2-6-10-18)15-19(22-24)16-11-13-21-14-12-16/h1-14,23-24H,15H2/b22-19-. The van der Waals surface area contributed by atoms with Crippen molar-refractivity contribution >= 4 is 5.71 Å². The molecule has 1 heterocycles. The number of pyridine rings is 1. The third-order valence-electron chi connectivity index (χ3n) is 4.06. The maximum absolute atomic E-state index is 11.5. The van der Waals surface area contributed by atoms with Gasteiger partial charge in [-0.25, -0.2) is 0 Å². The molecule has 0 amide bonds. The lowest BCUT2D eigenvalue weighted by atomic mass is 9.81. The third kappa shape index (κ3) is 3.19. The first-order valence-electron chi connectivity index (χ1n) is 7.69. The fraction of sp³-hybridized carbons (Fsp3) is 0.100. The molecule has 0 atom stereocenters. The molecule has 3 rings (SSSR count). The van der Waals surface area contributed by atoms with E-state index in [4.69, 9.17) is 0 Å². The van der Waals surface area contributed by atoms with E-state index in [2.05, 4.69) is 10.1 Å². The number of aromatic nitrogens is 1. The van der Waals surface area contributed by atoms with Gasteiger partial charge in [-0.2, -0.15) is 0 Å². The largest absolute Gasteiger partial charge is 0.411 e. The number of benzene rings is 2. The first-order valence-corrected chi connectivity index (χ1v) is 7.69. The van der Waals surface area contributed by atoms with E-state index in [1.807, 2.05) is 60.7 Å². The number of hydrogen-bond acceptors (Lipinski definition) is 4. The highest BCUT2D eigenvalue weighted by Crippen LogP contribution is 2.34. The van der Waals surface area contributed by atoms with Crippen molar-refractivity contribution < 1.29 is 10.3 Å². The van der Waals surface area contributed by atoms with Gasteiger partial charge in [0.2, 0.25) is 0 Å². The van der Waals surface area contributed by atoms with Crippen LogP contribution in [0, 0.1) is 0 Å². The van der Waals surface area contributed by atoms with E-state index < -0.39 is 5.60 Å². The summed E-state index contributed by atoms with van der Waals surface area (Å²) in [6.07, 6.45) is 3.40. The van der Waals surface area contributed by atoms with Gasteiger partial charge in [0.15, 0.2) is 0 Å². The summed E-state index contributed by atoms with van der Waals surface area (Å²) < 4.78 is 0. The second-order valence-corrected chi connectivity index (χ2v) is 5.55. The van der Waals surface area contributed by atoms with E-state index in [-0.39, 0.29) is 6.42 Å².